The lowest BCUT2D eigenvalue weighted by Gasteiger charge is -2.23. The number of amides is 2. The summed E-state index contributed by atoms with van der Waals surface area (Å²) in [4.78, 5) is 50.9. The Morgan fingerprint density at radius 2 is 2.00 bits per heavy atom. The maximum Gasteiger partial charge on any atom is 0.307 e. The molecule has 2 aromatic carbocycles. The van der Waals surface area contributed by atoms with Crippen LogP contribution in [0.5, 0.6) is 0 Å². The minimum absolute atomic E-state index is 0.0270. The van der Waals surface area contributed by atoms with E-state index in [-0.39, 0.29) is 30.4 Å². The third-order valence-corrected chi connectivity index (χ3v) is 6.18. The van der Waals surface area contributed by atoms with Gasteiger partial charge in [-0.05, 0) is 35.9 Å². The normalized spacial score (nSPS) is 17.4. The number of hydrogen-bond acceptors (Lipinski definition) is 6. The number of Topliss-reactive ketones (excluding diaryl/α,β-unsaturated/α-hetero) is 1. The van der Waals surface area contributed by atoms with Crippen molar-refractivity contribution >= 4 is 46.7 Å². The number of anilines is 2. The maximum atomic E-state index is 12.4. The van der Waals surface area contributed by atoms with Gasteiger partial charge in [-0.3, -0.25) is 19.2 Å². The van der Waals surface area contributed by atoms with Gasteiger partial charge in [0.2, 0.25) is 11.8 Å². The fourth-order valence-electron chi connectivity index (χ4n) is 3.31. The number of para-hydroxylation sites is 1. The smallest absolute Gasteiger partial charge is 0.307 e. The Morgan fingerprint density at radius 1 is 1.21 bits per heavy atom. The molecular formula is C21H18N2O5S. The summed E-state index contributed by atoms with van der Waals surface area (Å²) in [5.74, 6) is -1.25. The number of rotatable bonds is 5. The number of likely N-dealkylation sites (N-methyl/N-ethyl adjacent to an activating group) is 1. The second kappa shape index (κ2) is 7.71. The second-order valence-corrected chi connectivity index (χ2v) is 8.10. The second-order valence-electron chi connectivity index (χ2n) is 6.85. The first-order valence-electron chi connectivity index (χ1n) is 9.07. The molecule has 0 saturated heterocycles. The fraction of sp³-hybridized carbons (Fsp3) is 0.238. The van der Waals surface area contributed by atoms with Crippen LogP contribution in [0.25, 0.3) is 0 Å². The number of nitrogens with one attached hydrogen (secondary N) is 1. The molecule has 2 aromatic rings. The van der Waals surface area contributed by atoms with E-state index in [1.165, 1.54) is 11.8 Å². The van der Waals surface area contributed by atoms with Crippen LogP contribution in [0.3, 0.4) is 0 Å². The minimum atomic E-state index is -0.610. The third kappa shape index (κ3) is 3.88. The number of carbonyl (C=O) groups excluding carboxylic acids is 4. The number of ketones is 1. The molecule has 7 nitrogen and oxygen atoms in total. The minimum Gasteiger partial charge on any atom is -0.457 e. The van der Waals surface area contributed by atoms with E-state index < -0.39 is 17.8 Å². The number of esters is 1. The monoisotopic (exact) mass is 410 g/mol. The van der Waals surface area contributed by atoms with Crippen molar-refractivity contribution in [1.29, 1.82) is 0 Å². The van der Waals surface area contributed by atoms with Crippen LogP contribution in [-0.4, -0.2) is 42.5 Å². The van der Waals surface area contributed by atoms with E-state index in [4.69, 9.17) is 4.74 Å². The third-order valence-electron chi connectivity index (χ3n) is 4.90. The Hall–Kier alpha value is -3.13. The van der Waals surface area contributed by atoms with Gasteiger partial charge in [0.15, 0.2) is 12.4 Å². The highest BCUT2D eigenvalue weighted by Crippen LogP contribution is 2.36. The summed E-state index contributed by atoms with van der Waals surface area (Å²) in [5.41, 5.74) is 2.68. The standard InChI is InChI=1S/C21H18N2O5S/c1-23-15-7-6-12(8-13(15)9-19(23)25)16(24)11-28-20(26)10-18-21(27)22-14-4-2-3-5-17(14)29-18/h2-8,18H,9-11H2,1H3,(H,22,27)/t18-/m0/s1. The van der Waals surface area contributed by atoms with Gasteiger partial charge in [0, 0.05) is 23.2 Å². The van der Waals surface area contributed by atoms with Gasteiger partial charge in [0.05, 0.1) is 23.8 Å². The number of thioether (sulfide) groups is 1. The quantitative estimate of drug-likeness (QED) is 0.601. The first kappa shape index (κ1) is 19.2. The largest absolute Gasteiger partial charge is 0.457 e. The van der Waals surface area contributed by atoms with E-state index in [1.807, 2.05) is 18.2 Å². The summed E-state index contributed by atoms with van der Waals surface area (Å²) < 4.78 is 5.10. The van der Waals surface area contributed by atoms with Crippen LogP contribution in [-0.2, 0) is 25.5 Å². The van der Waals surface area contributed by atoms with Gasteiger partial charge in [0.25, 0.3) is 0 Å². The van der Waals surface area contributed by atoms with Crippen LogP contribution >= 0.6 is 11.8 Å². The Morgan fingerprint density at radius 3 is 2.83 bits per heavy atom. The van der Waals surface area contributed by atoms with Gasteiger partial charge in [-0.1, -0.05) is 12.1 Å². The zero-order valence-electron chi connectivity index (χ0n) is 15.6. The molecule has 2 amide bonds. The molecule has 0 bridgehead atoms. The lowest BCUT2D eigenvalue weighted by molar-refractivity contribution is -0.143. The van der Waals surface area contributed by atoms with Gasteiger partial charge in [0.1, 0.15) is 0 Å². The van der Waals surface area contributed by atoms with E-state index in [9.17, 15) is 19.2 Å². The van der Waals surface area contributed by atoms with Gasteiger partial charge in [-0.25, -0.2) is 0 Å². The van der Waals surface area contributed by atoms with Crippen molar-refractivity contribution < 1.29 is 23.9 Å². The molecule has 29 heavy (non-hydrogen) atoms. The highest BCUT2D eigenvalue weighted by molar-refractivity contribution is 8.01. The van der Waals surface area contributed by atoms with Crippen molar-refractivity contribution in [2.24, 2.45) is 0 Å². The van der Waals surface area contributed by atoms with Gasteiger partial charge >= 0.3 is 5.97 Å². The molecule has 4 rings (SSSR count). The Kier molecular flexibility index (Phi) is 5.10. The Balaban J connectivity index is 1.33. The fourth-order valence-corrected chi connectivity index (χ4v) is 4.41. The van der Waals surface area contributed by atoms with E-state index in [0.717, 1.165) is 21.8 Å². The average Bonchev–Trinajstić information content (AvgIpc) is 3.00. The topological polar surface area (TPSA) is 92.8 Å². The SMILES string of the molecule is CN1C(=O)Cc2cc(C(=O)COC(=O)C[C@@H]3Sc4ccccc4NC3=O)ccc21. The molecule has 2 aliphatic rings. The predicted molar refractivity (Wildman–Crippen MR) is 108 cm³/mol. The van der Waals surface area contributed by atoms with Crippen molar-refractivity contribution in [3.8, 4) is 0 Å². The number of nitrogens with zero attached hydrogens (tertiary/aromatic N) is 1. The van der Waals surface area contributed by atoms with Crippen molar-refractivity contribution in [2.45, 2.75) is 23.0 Å². The van der Waals surface area contributed by atoms with E-state index in [0.29, 0.717) is 5.56 Å². The van der Waals surface area contributed by atoms with Crippen molar-refractivity contribution in [3.05, 3.63) is 53.6 Å². The lowest BCUT2D eigenvalue weighted by Crippen LogP contribution is -2.31. The summed E-state index contributed by atoms with van der Waals surface area (Å²) in [7, 11) is 1.69. The summed E-state index contributed by atoms with van der Waals surface area (Å²) in [6, 6.07) is 12.4. The average molecular weight is 410 g/mol. The van der Waals surface area contributed by atoms with Gasteiger partial charge in [-0.2, -0.15) is 0 Å². The number of ether oxygens (including phenoxy) is 1. The van der Waals surface area contributed by atoms with E-state index in [1.54, 1.807) is 36.2 Å². The first-order valence-corrected chi connectivity index (χ1v) is 9.95. The van der Waals surface area contributed by atoms with Crippen LogP contribution in [0.1, 0.15) is 22.3 Å². The molecule has 0 aliphatic carbocycles. The van der Waals surface area contributed by atoms with Crippen LogP contribution in [0.4, 0.5) is 11.4 Å². The summed E-state index contributed by atoms with van der Waals surface area (Å²) in [6.45, 7) is -0.406. The van der Waals surface area contributed by atoms with Crippen LogP contribution in [0.15, 0.2) is 47.4 Å². The van der Waals surface area contributed by atoms with Crippen LogP contribution < -0.4 is 10.2 Å². The molecule has 0 radical (unpaired) electrons. The van der Waals surface area contributed by atoms with E-state index in [2.05, 4.69) is 5.32 Å². The highest BCUT2D eigenvalue weighted by Gasteiger charge is 2.30. The molecule has 148 valence electrons. The molecule has 1 atom stereocenters. The Labute approximate surface area is 171 Å². The molecule has 0 aromatic heterocycles. The number of fused-ring (bicyclic) bond motifs is 2. The number of benzene rings is 2. The molecular weight excluding hydrogens is 392 g/mol. The van der Waals surface area contributed by atoms with E-state index >= 15 is 0 Å². The molecule has 2 heterocycles. The lowest BCUT2D eigenvalue weighted by atomic mass is 10.1. The first-order chi connectivity index (χ1) is 13.9. The van der Waals surface area contributed by atoms with Crippen molar-refractivity contribution in [2.75, 3.05) is 23.9 Å². The van der Waals surface area contributed by atoms with Crippen molar-refractivity contribution in [1.82, 2.24) is 0 Å². The molecule has 1 N–H and O–H groups in total. The highest BCUT2D eigenvalue weighted by atomic mass is 32.2. The van der Waals surface area contributed by atoms with Gasteiger partial charge < -0.3 is 15.0 Å². The van der Waals surface area contributed by atoms with Crippen LogP contribution in [0.2, 0.25) is 0 Å². The summed E-state index contributed by atoms with van der Waals surface area (Å²) in [6.07, 6.45) is 0.129. The molecule has 8 heteroatoms. The predicted octanol–water partition coefficient (Wildman–Crippen LogP) is 2.43. The van der Waals surface area contributed by atoms with Crippen molar-refractivity contribution in [3.63, 3.8) is 0 Å². The molecule has 0 spiro atoms. The maximum absolute atomic E-state index is 12.4. The molecule has 0 unspecified atom stereocenters. The van der Waals surface area contributed by atoms with Gasteiger partial charge in [-0.15, -0.1) is 11.8 Å². The number of hydrogen-bond donors (Lipinski definition) is 1. The molecule has 0 fully saturated rings. The zero-order chi connectivity index (χ0) is 20.5. The Bertz CT molecular complexity index is 1040. The molecule has 0 saturated carbocycles. The zero-order valence-corrected chi connectivity index (χ0v) is 16.5. The summed E-state index contributed by atoms with van der Waals surface area (Å²) in [5, 5.41) is 2.17. The summed E-state index contributed by atoms with van der Waals surface area (Å²) >= 11 is 1.30. The number of carbonyl (C=O) groups is 4. The molecule has 2 aliphatic heterocycles. The van der Waals surface area contributed by atoms with Crippen LogP contribution in [0, 0.1) is 0 Å².